The van der Waals surface area contributed by atoms with Gasteiger partial charge in [0.05, 0.1) is 12.7 Å². The molecule has 1 aliphatic rings. The lowest BCUT2D eigenvalue weighted by molar-refractivity contribution is -0.0447. The molecule has 0 bridgehead atoms. The van der Waals surface area contributed by atoms with E-state index in [1.54, 1.807) is 11.3 Å². The minimum absolute atomic E-state index is 0.176. The van der Waals surface area contributed by atoms with Crippen LogP contribution in [0, 0.1) is 11.6 Å². The van der Waals surface area contributed by atoms with Crippen molar-refractivity contribution in [1.29, 1.82) is 0 Å². The number of hydrogen-bond acceptors (Lipinski definition) is 5. The molecule has 0 radical (unpaired) electrons. The van der Waals surface area contributed by atoms with Crippen LogP contribution >= 0.6 is 23.6 Å². The highest BCUT2D eigenvalue weighted by Crippen LogP contribution is 2.32. The van der Waals surface area contributed by atoms with Crippen molar-refractivity contribution in [3.05, 3.63) is 27.8 Å². The Morgan fingerprint density at radius 3 is 3.05 bits per heavy atom. The number of ether oxygens (including phenoxy) is 1. The summed E-state index contributed by atoms with van der Waals surface area (Å²) in [5, 5.41) is 20.0. The van der Waals surface area contributed by atoms with Crippen molar-refractivity contribution >= 4 is 33.6 Å². The smallest absolute Gasteiger partial charge is 0.137 e. The maximum Gasteiger partial charge on any atom is 0.137 e. The van der Waals surface area contributed by atoms with Gasteiger partial charge in [0.2, 0.25) is 0 Å². The molecule has 4 nitrogen and oxygen atoms in total. The summed E-state index contributed by atoms with van der Waals surface area (Å²) in [4.78, 5) is 1.22. The third-order valence-electron chi connectivity index (χ3n) is 3.43. The van der Waals surface area contributed by atoms with Gasteiger partial charge in [0.15, 0.2) is 0 Å². The van der Waals surface area contributed by atoms with Crippen molar-refractivity contribution in [2.45, 2.75) is 31.8 Å². The topological polar surface area (TPSA) is 54.6 Å². The molecule has 1 fully saturated rings. The average Bonchev–Trinajstić information content (AvgIpc) is 2.92. The number of thiophene rings is 1. The van der Waals surface area contributed by atoms with Crippen molar-refractivity contribution < 1.29 is 14.9 Å². The number of aryl methyl sites for hydroxylation is 1. The van der Waals surface area contributed by atoms with Crippen LogP contribution in [0.3, 0.4) is 0 Å². The van der Waals surface area contributed by atoms with Gasteiger partial charge in [-0.3, -0.25) is 0 Å². The molecule has 6 heteroatoms. The predicted octanol–water partition coefficient (Wildman–Crippen LogP) is 2.38. The van der Waals surface area contributed by atoms with Crippen LogP contribution in [0.25, 0.3) is 10.1 Å². The molecule has 0 amide bonds. The SMILES string of the molecule is Cc1cc2c(=S)n([C@H]3C[C@@H](O)[C@@H](CO)O3)ccc2s1. The molecule has 3 rings (SSSR count). The highest BCUT2D eigenvalue weighted by atomic mass is 32.1. The Labute approximate surface area is 119 Å². The first-order chi connectivity index (χ1) is 9.10. The lowest BCUT2D eigenvalue weighted by Crippen LogP contribution is -2.24. The van der Waals surface area contributed by atoms with Gasteiger partial charge >= 0.3 is 0 Å². The Morgan fingerprint density at radius 2 is 2.37 bits per heavy atom. The number of fused-ring (bicyclic) bond motifs is 1. The van der Waals surface area contributed by atoms with E-state index < -0.39 is 12.2 Å². The van der Waals surface area contributed by atoms with Gasteiger partial charge in [-0.2, -0.15) is 0 Å². The summed E-state index contributed by atoms with van der Waals surface area (Å²) in [6, 6.07) is 4.10. The zero-order chi connectivity index (χ0) is 13.6. The van der Waals surface area contributed by atoms with Crippen molar-refractivity contribution in [3.8, 4) is 0 Å². The summed E-state index contributed by atoms with van der Waals surface area (Å²) in [5.41, 5.74) is 0. The molecule has 19 heavy (non-hydrogen) atoms. The van der Waals surface area contributed by atoms with Crippen LogP contribution in [-0.4, -0.2) is 33.6 Å². The molecule has 0 unspecified atom stereocenters. The average molecular weight is 297 g/mol. The predicted molar refractivity (Wildman–Crippen MR) is 77.0 cm³/mol. The Hall–Kier alpha value is -0.790. The molecule has 3 heterocycles. The van der Waals surface area contributed by atoms with Crippen LogP contribution < -0.4 is 0 Å². The number of aliphatic hydroxyl groups excluding tert-OH is 2. The first-order valence-corrected chi connectivity index (χ1v) is 7.38. The van der Waals surface area contributed by atoms with Gasteiger partial charge in [0, 0.05) is 27.6 Å². The van der Waals surface area contributed by atoms with Gasteiger partial charge in [0.1, 0.15) is 17.0 Å². The van der Waals surface area contributed by atoms with Crippen molar-refractivity contribution in [2.24, 2.45) is 0 Å². The van der Waals surface area contributed by atoms with Crippen LogP contribution in [-0.2, 0) is 4.74 Å². The Kier molecular flexibility index (Phi) is 3.44. The number of aromatic nitrogens is 1. The van der Waals surface area contributed by atoms with Crippen LogP contribution in [0.5, 0.6) is 0 Å². The van der Waals surface area contributed by atoms with E-state index in [9.17, 15) is 5.11 Å². The van der Waals surface area contributed by atoms with Gasteiger partial charge in [-0.05, 0) is 19.1 Å². The van der Waals surface area contributed by atoms with Crippen molar-refractivity contribution in [3.63, 3.8) is 0 Å². The molecule has 2 N–H and O–H groups in total. The molecule has 0 spiro atoms. The maximum absolute atomic E-state index is 9.80. The highest BCUT2D eigenvalue weighted by molar-refractivity contribution is 7.71. The highest BCUT2D eigenvalue weighted by Gasteiger charge is 2.34. The van der Waals surface area contributed by atoms with Crippen molar-refractivity contribution in [1.82, 2.24) is 4.57 Å². The Balaban J connectivity index is 2.02. The summed E-state index contributed by atoms with van der Waals surface area (Å²) in [7, 11) is 0. The molecule has 0 aromatic carbocycles. The second kappa shape index (κ2) is 4.96. The fraction of sp³-hybridized carbons (Fsp3) is 0.462. The number of rotatable bonds is 2. The Morgan fingerprint density at radius 1 is 1.58 bits per heavy atom. The van der Waals surface area contributed by atoms with Crippen LogP contribution in [0.15, 0.2) is 18.3 Å². The van der Waals surface area contributed by atoms with Crippen molar-refractivity contribution in [2.75, 3.05) is 6.61 Å². The quantitative estimate of drug-likeness (QED) is 0.836. The molecule has 0 aliphatic carbocycles. The van der Waals surface area contributed by atoms with Gasteiger partial charge in [-0.15, -0.1) is 11.3 Å². The summed E-state index contributed by atoms with van der Waals surface area (Å²) >= 11 is 7.22. The van der Waals surface area contributed by atoms with Crippen LogP contribution in [0.4, 0.5) is 0 Å². The third kappa shape index (κ3) is 2.23. The van der Waals surface area contributed by atoms with Crippen LogP contribution in [0.1, 0.15) is 17.5 Å². The Bertz CT molecular complexity index is 663. The number of aliphatic hydroxyl groups is 2. The summed E-state index contributed by atoms with van der Waals surface area (Å²) < 4.78 is 9.39. The van der Waals surface area contributed by atoms with Gasteiger partial charge in [-0.1, -0.05) is 12.2 Å². The monoisotopic (exact) mass is 297 g/mol. The summed E-state index contributed by atoms with van der Waals surface area (Å²) in [6.45, 7) is 1.88. The first-order valence-electron chi connectivity index (χ1n) is 6.16. The molecule has 1 saturated heterocycles. The standard InChI is InChI=1S/C13H15NO3S2/c1-7-4-8-11(19-7)2-3-14(13(8)18)12-5-9(16)10(6-15)17-12/h2-4,9-10,12,15-16H,5-6H2,1H3/t9-,10-,12-/m1/s1. The fourth-order valence-corrected chi connectivity index (χ4v) is 3.79. The summed E-state index contributed by atoms with van der Waals surface area (Å²) in [6.07, 6.45) is 0.888. The normalized spacial score (nSPS) is 27.2. The van der Waals surface area contributed by atoms with Gasteiger partial charge < -0.3 is 19.5 Å². The maximum atomic E-state index is 9.80. The van der Waals surface area contributed by atoms with E-state index in [1.165, 1.54) is 4.88 Å². The number of hydrogen-bond donors (Lipinski definition) is 2. The first kappa shape index (κ1) is 13.2. The van der Waals surface area contributed by atoms with E-state index in [2.05, 4.69) is 13.0 Å². The lowest BCUT2D eigenvalue weighted by atomic mass is 10.2. The molecule has 3 atom stereocenters. The third-order valence-corrected chi connectivity index (χ3v) is 4.88. The van der Waals surface area contributed by atoms with Crippen LogP contribution in [0.2, 0.25) is 0 Å². The van der Waals surface area contributed by atoms with E-state index in [0.717, 1.165) is 14.7 Å². The minimum Gasteiger partial charge on any atom is -0.394 e. The van der Waals surface area contributed by atoms with E-state index in [1.807, 2.05) is 16.8 Å². The number of pyridine rings is 1. The second-order valence-corrected chi connectivity index (χ2v) is 6.45. The van der Waals surface area contributed by atoms with E-state index in [4.69, 9.17) is 22.1 Å². The lowest BCUT2D eigenvalue weighted by Gasteiger charge is -2.16. The zero-order valence-electron chi connectivity index (χ0n) is 10.4. The molecular weight excluding hydrogens is 282 g/mol. The molecule has 1 aliphatic heterocycles. The largest absolute Gasteiger partial charge is 0.394 e. The molecule has 0 saturated carbocycles. The molecule has 102 valence electrons. The molecule has 2 aromatic rings. The van der Waals surface area contributed by atoms with E-state index in [-0.39, 0.29) is 12.8 Å². The fourth-order valence-electron chi connectivity index (χ4n) is 2.45. The van der Waals surface area contributed by atoms with E-state index in [0.29, 0.717) is 6.42 Å². The molecular formula is C13H15NO3S2. The van der Waals surface area contributed by atoms with Gasteiger partial charge in [-0.25, -0.2) is 0 Å². The number of nitrogens with zero attached hydrogens (tertiary/aromatic N) is 1. The molecule has 2 aromatic heterocycles. The minimum atomic E-state index is -0.642. The summed E-state index contributed by atoms with van der Waals surface area (Å²) in [5.74, 6) is 0. The zero-order valence-corrected chi connectivity index (χ0v) is 12.1. The second-order valence-electron chi connectivity index (χ2n) is 4.78. The van der Waals surface area contributed by atoms with E-state index >= 15 is 0 Å². The van der Waals surface area contributed by atoms with Gasteiger partial charge in [0.25, 0.3) is 0 Å².